The van der Waals surface area contributed by atoms with Gasteiger partial charge in [-0.3, -0.25) is 0 Å². The summed E-state index contributed by atoms with van der Waals surface area (Å²) in [6.45, 7) is 0. The van der Waals surface area contributed by atoms with E-state index in [2.05, 4.69) is 10.2 Å². The summed E-state index contributed by atoms with van der Waals surface area (Å²) < 4.78 is 0. The van der Waals surface area contributed by atoms with Crippen LogP contribution in [0.1, 0.15) is 9.75 Å². The number of thiophene rings is 2. The molecule has 0 radical (unpaired) electrons. The Morgan fingerprint density at radius 1 is 0.857 bits per heavy atom. The number of hydrogen-bond acceptors (Lipinski definition) is 4. The summed E-state index contributed by atoms with van der Waals surface area (Å²) in [5, 5.41) is 11.9. The molecule has 2 nitrogen and oxygen atoms in total. The maximum absolute atomic E-state index is 3.95. The minimum atomic E-state index is 1.12. The van der Waals surface area contributed by atoms with Crippen LogP contribution in [0.3, 0.4) is 0 Å². The molecule has 0 aliphatic heterocycles. The van der Waals surface area contributed by atoms with E-state index in [-0.39, 0.29) is 0 Å². The first kappa shape index (κ1) is 9.30. The Hall–Kier alpha value is -1.26. The van der Waals surface area contributed by atoms with Gasteiger partial charge in [-0.15, -0.1) is 22.7 Å². The first-order chi connectivity index (χ1) is 6.95. The molecule has 0 aromatic carbocycles. The van der Waals surface area contributed by atoms with E-state index in [4.69, 9.17) is 0 Å². The Morgan fingerprint density at radius 2 is 1.36 bits per heavy atom. The molecule has 0 saturated carbocycles. The van der Waals surface area contributed by atoms with Gasteiger partial charge in [-0.2, -0.15) is 10.2 Å². The molecule has 0 aliphatic rings. The van der Waals surface area contributed by atoms with Crippen LogP contribution < -0.4 is 0 Å². The monoisotopic (exact) mass is 220 g/mol. The molecule has 0 fully saturated rings. The smallest absolute Gasteiger partial charge is 0.0667 e. The average Bonchev–Trinajstić information content (AvgIpc) is 2.86. The van der Waals surface area contributed by atoms with E-state index in [0.717, 1.165) is 9.75 Å². The summed E-state index contributed by atoms with van der Waals surface area (Å²) in [5.74, 6) is 0. The van der Waals surface area contributed by atoms with Gasteiger partial charge < -0.3 is 0 Å². The molecule has 0 aliphatic carbocycles. The van der Waals surface area contributed by atoms with Crippen LogP contribution in [0.25, 0.3) is 0 Å². The Kier molecular flexibility index (Phi) is 3.21. The predicted molar refractivity (Wildman–Crippen MR) is 63.8 cm³/mol. The van der Waals surface area contributed by atoms with Gasteiger partial charge in [0.25, 0.3) is 0 Å². The number of hydrogen-bond donors (Lipinski definition) is 0. The summed E-state index contributed by atoms with van der Waals surface area (Å²) in [6.07, 6.45) is 3.52. The third-order valence-electron chi connectivity index (χ3n) is 1.52. The molecule has 0 unspecified atom stereocenters. The van der Waals surface area contributed by atoms with E-state index in [1.54, 1.807) is 35.1 Å². The van der Waals surface area contributed by atoms with Crippen molar-refractivity contribution < 1.29 is 0 Å². The Balaban J connectivity index is 1.94. The lowest BCUT2D eigenvalue weighted by Crippen LogP contribution is -1.72. The lowest BCUT2D eigenvalue weighted by molar-refractivity contribution is 1.27. The minimum absolute atomic E-state index is 1.12. The van der Waals surface area contributed by atoms with Gasteiger partial charge in [-0.25, -0.2) is 0 Å². The molecule has 70 valence electrons. The zero-order valence-corrected chi connectivity index (χ0v) is 8.96. The van der Waals surface area contributed by atoms with Gasteiger partial charge in [0.2, 0.25) is 0 Å². The van der Waals surface area contributed by atoms with Gasteiger partial charge in [0.15, 0.2) is 0 Å². The zero-order chi connectivity index (χ0) is 9.64. The molecule has 14 heavy (non-hydrogen) atoms. The van der Waals surface area contributed by atoms with Crippen molar-refractivity contribution in [3.63, 3.8) is 0 Å². The molecule has 2 aromatic rings. The first-order valence-corrected chi connectivity index (χ1v) is 5.84. The third-order valence-corrected chi connectivity index (χ3v) is 3.14. The van der Waals surface area contributed by atoms with E-state index in [0.29, 0.717) is 0 Å². The molecule has 0 amide bonds. The maximum Gasteiger partial charge on any atom is 0.0667 e. The summed E-state index contributed by atoms with van der Waals surface area (Å²) in [6, 6.07) is 8.01. The lowest BCUT2D eigenvalue weighted by atomic mass is 10.5. The van der Waals surface area contributed by atoms with Crippen LogP contribution in [0.4, 0.5) is 0 Å². The molecule has 0 bridgehead atoms. The SMILES string of the molecule is C(=N/N=C/c1cccs1)/c1cccs1. The van der Waals surface area contributed by atoms with Gasteiger partial charge in [0.1, 0.15) is 0 Å². The van der Waals surface area contributed by atoms with E-state index < -0.39 is 0 Å². The highest BCUT2D eigenvalue weighted by Gasteiger charge is 1.86. The molecular weight excluding hydrogens is 212 g/mol. The van der Waals surface area contributed by atoms with E-state index in [1.165, 1.54) is 0 Å². The van der Waals surface area contributed by atoms with Crippen LogP contribution in [0, 0.1) is 0 Å². The van der Waals surface area contributed by atoms with E-state index >= 15 is 0 Å². The molecule has 0 N–H and O–H groups in total. The molecule has 4 heteroatoms. The second-order valence-corrected chi connectivity index (χ2v) is 4.48. The average molecular weight is 220 g/mol. The van der Waals surface area contributed by atoms with Crippen molar-refractivity contribution >= 4 is 35.1 Å². The Bertz CT molecular complexity index is 371. The third kappa shape index (κ3) is 2.61. The summed E-state index contributed by atoms with van der Waals surface area (Å²) in [4.78, 5) is 2.24. The fourth-order valence-electron chi connectivity index (χ4n) is 0.910. The molecule has 0 spiro atoms. The van der Waals surface area contributed by atoms with Crippen molar-refractivity contribution in [1.29, 1.82) is 0 Å². The number of nitrogens with zero attached hydrogens (tertiary/aromatic N) is 2. The van der Waals surface area contributed by atoms with Crippen molar-refractivity contribution in [2.45, 2.75) is 0 Å². The molecule has 2 heterocycles. The van der Waals surface area contributed by atoms with Crippen molar-refractivity contribution in [3.8, 4) is 0 Å². The molecule has 2 aromatic heterocycles. The van der Waals surface area contributed by atoms with Gasteiger partial charge in [-0.05, 0) is 22.9 Å². The highest BCUT2D eigenvalue weighted by molar-refractivity contribution is 7.12. The van der Waals surface area contributed by atoms with E-state index in [1.807, 2.05) is 35.0 Å². The van der Waals surface area contributed by atoms with Crippen LogP contribution in [0.5, 0.6) is 0 Å². The highest BCUT2D eigenvalue weighted by atomic mass is 32.1. The van der Waals surface area contributed by atoms with E-state index in [9.17, 15) is 0 Å². The Labute approximate surface area is 90.3 Å². The fourth-order valence-corrected chi connectivity index (χ4v) is 2.07. The van der Waals surface area contributed by atoms with Gasteiger partial charge in [0, 0.05) is 9.75 Å². The van der Waals surface area contributed by atoms with Crippen molar-refractivity contribution in [3.05, 3.63) is 44.8 Å². The summed E-state index contributed by atoms with van der Waals surface area (Å²) in [7, 11) is 0. The topological polar surface area (TPSA) is 24.7 Å². The van der Waals surface area contributed by atoms with Crippen LogP contribution in [-0.2, 0) is 0 Å². The minimum Gasteiger partial charge on any atom is -0.158 e. The van der Waals surface area contributed by atoms with Crippen LogP contribution in [0.15, 0.2) is 45.2 Å². The van der Waals surface area contributed by atoms with Crippen LogP contribution in [-0.4, -0.2) is 12.4 Å². The second kappa shape index (κ2) is 4.83. The zero-order valence-electron chi connectivity index (χ0n) is 7.33. The maximum atomic E-state index is 3.95. The molecular formula is C10H8N2S2. The van der Waals surface area contributed by atoms with Crippen LogP contribution in [0.2, 0.25) is 0 Å². The van der Waals surface area contributed by atoms with Gasteiger partial charge >= 0.3 is 0 Å². The van der Waals surface area contributed by atoms with Crippen molar-refractivity contribution in [1.82, 2.24) is 0 Å². The van der Waals surface area contributed by atoms with Crippen molar-refractivity contribution in [2.75, 3.05) is 0 Å². The fraction of sp³-hybridized carbons (Fsp3) is 0. The molecule has 0 atom stereocenters. The normalized spacial score (nSPS) is 11.7. The second-order valence-electron chi connectivity index (χ2n) is 2.52. The molecule has 2 rings (SSSR count). The standard InChI is InChI=1S/C10H8N2S2/c1-3-9(13-5-1)7-11-12-8-10-4-2-6-14-10/h1-8H/b11-7-,12-8+. The Morgan fingerprint density at radius 3 is 1.71 bits per heavy atom. The van der Waals surface area contributed by atoms with Crippen molar-refractivity contribution in [2.24, 2.45) is 10.2 Å². The lowest BCUT2D eigenvalue weighted by Gasteiger charge is -1.80. The highest BCUT2D eigenvalue weighted by Crippen LogP contribution is 2.06. The van der Waals surface area contributed by atoms with Gasteiger partial charge in [-0.1, -0.05) is 12.1 Å². The van der Waals surface area contributed by atoms with Gasteiger partial charge in [0.05, 0.1) is 12.4 Å². The number of rotatable bonds is 3. The first-order valence-electron chi connectivity index (χ1n) is 4.08. The summed E-state index contributed by atoms with van der Waals surface area (Å²) in [5.41, 5.74) is 0. The molecule has 0 saturated heterocycles. The predicted octanol–water partition coefficient (Wildman–Crippen LogP) is 3.26. The summed E-state index contributed by atoms with van der Waals surface area (Å²) >= 11 is 3.30. The largest absolute Gasteiger partial charge is 0.158 e. The van der Waals surface area contributed by atoms with Crippen LogP contribution >= 0.6 is 22.7 Å². The quantitative estimate of drug-likeness (QED) is 0.560.